The van der Waals surface area contributed by atoms with Gasteiger partial charge in [-0.2, -0.15) is 5.10 Å². The van der Waals surface area contributed by atoms with E-state index in [1.165, 1.54) is 0 Å². The van der Waals surface area contributed by atoms with Gasteiger partial charge in [-0.3, -0.25) is 4.79 Å². The van der Waals surface area contributed by atoms with Crippen molar-refractivity contribution in [1.82, 2.24) is 5.43 Å². The van der Waals surface area contributed by atoms with Crippen molar-refractivity contribution in [3.63, 3.8) is 0 Å². The van der Waals surface area contributed by atoms with Crippen molar-refractivity contribution < 1.29 is 9.53 Å². The molecule has 120 valence electrons. The minimum absolute atomic E-state index is 0.331. The summed E-state index contributed by atoms with van der Waals surface area (Å²) < 4.78 is 6.44. The lowest BCUT2D eigenvalue weighted by Gasteiger charge is -2.14. The molecule has 2 aromatic rings. The van der Waals surface area contributed by atoms with E-state index in [0.29, 0.717) is 10.8 Å². The van der Waals surface area contributed by atoms with Crippen molar-refractivity contribution in [3.05, 3.63) is 63.1 Å². The van der Waals surface area contributed by atoms with Crippen LogP contribution in [0.15, 0.2) is 52.0 Å². The Morgan fingerprint density at radius 2 is 2.00 bits per heavy atom. The van der Waals surface area contributed by atoms with E-state index in [1.807, 2.05) is 25.1 Å². The second kappa shape index (κ2) is 8.13. The average molecular weight is 396 g/mol. The minimum atomic E-state index is -0.670. The topological polar surface area (TPSA) is 50.7 Å². The number of nitrogens with one attached hydrogen (secondary N) is 1. The van der Waals surface area contributed by atoms with Gasteiger partial charge in [0.15, 0.2) is 6.10 Å². The number of amides is 1. The van der Waals surface area contributed by atoms with Crippen molar-refractivity contribution in [2.75, 3.05) is 0 Å². The van der Waals surface area contributed by atoms with E-state index in [-0.39, 0.29) is 5.91 Å². The molecule has 1 unspecified atom stereocenters. The lowest BCUT2D eigenvalue weighted by atomic mass is 10.2. The number of hydrogen-bond donors (Lipinski definition) is 1. The molecule has 0 radical (unpaired) electrons. The lowest BCUT2D eigenvalue weighted by molar-refractivity contribution is -0.127. The highest BCUT2D eigenvalue weighted by Crippen LogP contribution is 2.26. The summed E-state index contributed by atoms with van der Waals surface area (Å²) in [5.74, 6) is 0.280. The molecule has 0 saturated carbocycles. The third-order valence-electron chi connectivity index (χ3n) is 3.02. The van der Waals surface area contributed by atoms with Crippen LogP contribution in [-0.2, 0) is 4.79 Å². The molecule has 0 spiro atoms. The van der Waals surface area contributed by atoms with Gasteiger partial charge in [0.25, 0.3) is 5.91 Å². The maximum Gasteiger partial charge on any atom is 0.280 e. The zero-order valence-corrected chi connectivity index (χ0v) is 15.1. The Kier molecular flexibility index (Phi) is 6.19. The zero-order chi connectivity index (χ0) is 16.8. The summed E-state index contributed by atoms with van der Waals surface area (Å²) in [6.07, 6.45) is 0.874. The normalized spacial score (nSPS) is 12.2. The van der Waals surface area contributed by atoms with Crippen LogP contribution in [0.2, 0.25) is 5.02 Å². The van der Waals surface area contributed by atoms with Gasteiger partial charge in [0.1, 0.15) is 5.75 Å². The molecule has 0 heterocycles. The number of hydrazone groups is 1. The first-order valence-corrected chi connectivity index (χ1v) is 8.14. The molecule has 1 atom stereocenters. The van der Waals surface area contributed by atoms with E-state index in [2.05, 4.69) is 26.5 Å². The van der Waals surface area contributed by atoms with Gasteiger partial charge in [-0.15, -0.1) is 0 Å². The van der Waals surface area contributed by atoms with Gasteiger partial charge < -0.3 is 4.74 Å². The fourth-order valence-corrected chi connectivity index (χ4v) is 2.47. The van der Waals surface area contributed by atoms with Crippen molar-refractivity contribution in [2.45, 2.75) is 20.0 Å². The molecule has 1 amide bonds. The Labute approximate surface area is 148 Å². The Morgan fingerprint density at radius 1 is 1.30 bits per heavy atom. The second-order valence-corrected chi connectivity index (χ2v) is 6.27. The van der Waals surface area contributed by atoms with Crippen LogP contribution < -0.4 is 10.2 Å². The molecule has 0 fully saturated rings. The molecule has 0 aromatic heterocycles. The minimum Gasteiger partial charge on any atom is -0.480 e. The molecule has 0 bridgehead atoms. The Morgan fingerprint density at radius 3 is 2.65 bits per heavy atom. The van der Waals surface area contributed by atoms with Crippen LogP contribution in [0.4, 0.5) is 0 Å². The van der Waals surface area contributed by atoms with Crippen LogP contribution in [0.3, 0.4) is 0 Å². The Bertz CT molecular complexity index is 717. The number of nitrogens with zero attached hydrogens (tertiary/aromatic N) is 1. The fraction of sp³-hybridized carbons (Fsp3) is 0.176. The first-order valence-electron chi connectivity index (χ1n) is 6.97. The van der Waals surface area contributed by atoms with Gasteiger partial charge in [0, 0.05) is 5.02 Å². The van der Waals surface area contributed by atoms with Crippen LogP contribution in [0.5, 0.6) is 5.75 Å². The third kappa shape index (κ3) is 5.37. The molecule has 2 rings (SSSR count). The van der Waals surface area contributed by atoms with E-state index >= 15 is 0 Å². The van der Waals surface area contributed by atoms with Crippen molar-refractivity contribution in [3.8, 4) is 5.75 Å². The van der Waals surface area contributed by atoms with Gasteiger partial charge >= 0.3 is 0 Å². The molecule has 0 saturated heterocycles. The van der Waals surface area contributed by atoms with Crippen LogP contribution in [-0.4, -0.2) is 18.2 Å². The zero-order valence-electron chi connectivity index (χ0n) is 12.7. The molecular weight excluding hydrogens is 380 g/mol. The smallest absolute Gasteiger partial charge is 0.280 e. The van der Waals surface area contributed by atoms with E-state index in [1.54, 1.807) is 37.4 Å². The summed E-state index contributed by atoms with van der Waals surface area (Å²) in [7, 11) is 0. The highest BCUT2D eigenvalue weighted by atomic mass is 79.9. The number of halogens is 2. The number of rotatable bonds is 5. The quantitative estimate of drug-likeness (QED) is 0.605. The highest BCUT2D eigenvalue weighted by molar-refractivity contribution is 9.10. The van der Waals surface area contributed by atoms with Gasteiger partial charge in [-0.05, 0) is 65.2 Å². The first-order chi connectivity index (χ1) is 11.0. The van der Waals surface area contributed by atoms with Gasteiger partial charge in [0.05, 0.1) is 10.7 Å². The summed E-state index contributed by atoms with van der Waals surface area (Å²) >= 11 is 9.22. The number of hydrogen-bond acceptors (Lipinski definition) is 3. The monoisotopic (exact) mass is 394 g/mol. The summed E-state index contributed by atoms with van der Waals surface area (Å²) in [5.41, 5.74) is 4.40. The Hall–Kier alpha value is -1.85. The summed E-state index contributed by atoms with van der Waals surface area (Å²) in [6, 6.07) is 12.8. The summed E-state index contributed by atoms with van der Waals surface area (Å²) in [6.45, 7) is 3.65. The molecule has 1 N–H and O–H groups in total. The predicted octanol–water partition coefficient (Wildman–Crippen LogP) is 4.33. The molecule has 0 aliphatic carbocycles. The number of benzene rings is 2. The highest BCUT2D eigenvalue weighted by Gasteiger charge is 2.15. The SMILES string of the molecule is Cc1ccc(OC(C)C(=O)NN=Cc2ccc(Cl)cc2)c(Br)c1. The predicted molar refractivity (Wildman–Crippen MR) is 96.2 cm³/mol. The van der Waals surface area contributed by atoms with Crippen molar-refractivity contribution in [2.24, 2.45) is 5.10 Å². The largest absolute Gasteiger partial charge is 0.480 e. The number of carbonyl (C=O) groups excluding carboxylic acids is 1. The van der Waals surface area contributed by atoms with E-state index in [0.717, 1.165) is 15.6 Å². The lowest BCUT2D eigenvalue weighted by Crippen LogP contribution is -2.33. The Balaban J connectivity index is 1.90. The maximum atomic E-state index is 12.0. The first kappa shape index (κ1) is 17.5. The average Bonchev–Trinajstić information content (AvgIpc) is 2.51. The summed E-state index contributed by atoms with van der Waals surface area (Å²) in [4.78, 5) is 12.0. The number of aryl methyl sites for hydroxylation is 1. The molecule has 4 nitrogen and oxygen atoms in total. The van der Waals surface area contributed by atoms with Gasteiger partial charge in [0.2, 0.25) is 0 Å². The maximum absolute atomic E-state index is 12.0. The van der Waals surface area contributed by atoms with E-state index in [9.17, 15) is 4.79 Å². The number of carbonyl (C=O) groups is 1. The second-order valence-electron chi connectivity index (χ2n) is 4.98. The molecule has 2 aromatic carbocycles. The fourth-order valence-electron chi connectivity index (χ4n) is 1.76. The van der Waals surface area contributed by atoms with E-state index < -0.39 is 6.10 Å². The molecule has 6 heteroatoms. The number of ether oxygens (including phenoxy) is 1. The molecule has 23 heavy (non-hydrogen) atoms. The van der Waals surface area contributed by atoms with E-state index in [4.69, 9.17) is 16.3 Å². The van der Waals surface area contributed by atoms with Crippen molar-refractivity contribution >= 4 is 39.7 Å². The standard InChI is InChI=1S/C17H16BrClN2O2/c1-11-3-8-16(15(18)9-11)23-12(2)17(22)21-20-10-13-4-6-14(19)7-5-13/h3-10,12H,1-2H3,(H,21,22). The van der Waals surface area contributed by atoms with Crippen LogP contribution >= 0.6 is 27.5 Å². The molecular formula is C17H16BrClN2O2. The van der Waals surface area contributed by atoms with Gasteiger partial charge in [-0.1, -0.05) is 29.8 Å². The molecule has 0 aliphatic heterocycles. The van der Waals surface area contributed by atoms with Crippen LogP contribution in [0.1, 0.15) is 18.1 Å². The van der Waals surface area contributed by atoms with Crippen molar-refractivity contribution in [1.29, 1.82) is 0 Å². The third-order valence-corrected chi connectivity index (χ3v) is 3.89. The van der Waals surface area contributed by atoms with Crippen LogP contribution in [0.25, 0.3) is 0 Å². The van der Waals surface area contributed by atoms with Crippen LogP contribution in [0, 0.1) is 6.92 Å². The van der Waals surface area contributed by atoms with Gasteiger partial charge in [-0.25, -0.2) is 5.43 Å². The summed E-state index contributed by atoms with van der Waals surface area (Å²) in [5, 5.41) is 4.56. The molecule has 0 aliphatic rings.